The van der Waals surface area contributed by atoms with E-state index in [1.165, 1.54) is 18.2 Å². The first-order chi connectivity index (χ1) is 8.91. The average Bonchev–Trinajstić information content (AvgIpc) is 2.33. The predicted molar refractivity (Wildman–Crippen MR) is 72.5 cm³/mol. The summed E-state index contributed by atoms with van der Waals surface area (Å²) in [5.74, 6) is -1.99. The van der Waals surface area contributed by atoms with Crippen LogP contribution in [-0.2, 0) is 4.79 Å². The molecule has 0 radical (unpaired) electrons. The molecule has 0 saturated heterocycles. The Labute approximate surface area is 119 Å². The fraction of sp³-hybridized carbons (Fsp3) is 0.385. The van der Waals surface area contributed by atoms with Gasteiger partial charge in [0.15, 0.2) is 0 Å². The summed E-state index contributed by atoms with van der Waals surface area (Å²) < 4.78 is 13.3. The predicted octanol–water partition coefficient (Wildman–Crippen LogP) is 2.82. The molecular formula is C13H15BrFNO3. The van der Waals surface area contributed by atoms with Gasteiger partial charge < -0.3 is 10.4 Å². The minimum absolute atomic E-state index is 0.310. The van der Waals surface area contributed by atoms with Gasteiger partial charge in [-0.25, -0.2) is 4.39 Å². The zero-order valence-electron chi connectivity index (χ0n) is 10.5. The van der Waals surface area contributed by atoms with Crippen molar-refractivity contribution in [1.29, 1.82) is 0 Å². The molecule has 19 heavy (non-hydrogen) atoms. The van der Waals surface area contributed by atoms with Gasteiger partial charge in [0.05, 0.1) is 11.5 Å². The highest BCUT2D eigenvalue weighted by molar-refractivity contribution is 9.10. The van der Waals surface area contributed by atoms with Crippen molar-refractivity contribution in [3.8, 4) is 0 Å². The first-order valence-electron chi connectivity index (χ1n) is 5.88. The monoisotopic (exact) mass is 331 g/mol. The number of carboxylic acid groups (broad SMARTS) is 1. The second-order valence-corrected chi connectivity index (χ2v) is 5.12. The Hall–Kier alpha value is -1.43. The lowest BCUT2D eigenvalue weighted by Crippen LogP contribution is -2.25. The number of aliphatic carboxylic acids is 1. The van der Waals surface area contributed by atoms with Gasteiger partial charge in [-0.2, -0.15) is 0 Å². The van der Waals surface area contributed by atoms with Crippen molar-refractivity contribution in [3.63, 3.8) is 0 Å². The summed E-state index contributed by atoms with van der Waals surface area (Å²) in [5, 5.41) is 11.4. The van der Waals surface area contributed by atoms with E-state index in [9.17, 15) is 14.0 Å². The molecule has 0 aliphatic heterocycles. The molecule has 0 spiro atoms. The van der Waals surface area contributed by atoms with Crippen LogP contribution in [0.15, 0.2) is 22.7 Å². The molecular weight excluding hydrogens is 317 g/mol. The fourth-order valence-electron chi connectivity index (χ4n) is 1.50. The smallest absolute Gasteiger partial charge is 0.306 e. The van der Waals surface area contributed by atoms with Crippen molar-refractivity contribution in [2.75, 3.05) is 6.54 Å². The Kier molecular flexibility index (Phi) is 5.95. The van der Waals surface area contributed by atoms with Crippen LogP contribution < -0.4 is 5.32 Å². The SMILES string of the molecule is CC(CCCNC(=O)c1ccc(F)cc1Br)C(=O)O. The molecule has 1 amide bonds. The van der Waals surface area contributed by atoms with Crippen LogP contribution in [0.4, 0.5) is 4.39 Å². The van der Waals surface area contributed by atoms with Gasteiger partial charge in [-0.05, 0) is 47.0 Å². The van der Waals surface area contributed by atoms with Gasteiger partial charge in [-0.3, -0.25) is 9.59 Å². The standard InChI is InChI=1S/C13H15BrFNO3/c1-8(13(18)19)3-2-6-16-12(17)10-5-4-9(15)7-11(10)14/h4-5,7-8H,2-3,6H2,1H3,(H,16,17)(H,18,19). The number of rotatable bonds is 6. The lowest BCUT2D eigenvalue weighted by Gasteiger charge is -2.08. The molecule has 1 aromatic rings. The van der Waals surface area contributed by atoms with Crippen LogP contribution in [0.5, 0.6) is 0 Å². The Morgan fingerprint density at radius 2 is 2.16 bits per heavy atom. The summed E-state index contributed by atoms with van der Waals surface area (Å²) in [6.45, 7) is 2.01. The van der Waals surface area contributed by atoms with Crippen LogP contribution in [-0.4, -0.2) is 23.5 Å². The summed E-state index contributed by atoms with van der Waals surface area (Å²) in [4.78, 5) is 22.4. The normalized spacial score (nSPS) is 11.9. The number of carboxylic acids is 1. The van der Waals surface area contributed by atoms with Gasteiger partial charge in [0.25, 0.3) is 5.91 Å². The average molecular weight is 332 g/mol. The molecule has 0 saturated carbocycles. The maximum Gasteiger partial charge on any atom is 0.306 e. The largest absolute Gasteiger partial charge is 0.481 e. The molecule has 6 heteroatoms. The van der Waals surface area contributed by atoms with E-state index in [0.717, 1.165) is 0 Å². The van der Waals surface area contributed by atoms with Crippen molar-refractivity contribution in [3.05, 3.63) is 34.1 Å². The number of hydrogen-bond acceptors (Lipinski definition) is 2. The summed E-state index contributed by atoms with van der Waals surface area (Å²) >= 11 is 3.12. The van der Waals surface area contributed by atoms with Gasteiger partial charge in [-0.15, -0.1) is 0 Å². The number of benzene rings is 1. The second kappa shape index (κ2) is 7.23. The minimum Gasteiger partial charge on any atom is -0.481 e. The molecule has 1 aromatic carbocycles. The van der Waals surface area contributed by atoms with Gasteiger partial charge in [-0.1, -0.05) is 6.92 Å². The van der Waals surface area contributed by atoms with E-state index in [2.05, 4.69) is 21.2 Å². The number of amides is 1. The third-order valence-corrected chi connectivity index (χ3v) is 3.35. The van der Waals surface area contributed by atoms with E-state index >= 15 is 0 Å². The summed E-state index contributed by atoms with van der Waals surface area (Å²) in [6, 6.07) is 3.84. The lowest BCUT2D eigenvalue weighted by atomic mass is 10.1. The lowest BCUT2D eigenvalue weighted by molar-refractivity contribution is -0.141. The molecule has 4 nitrogen and oxygen atoms in total. The maximum absolute atomic E-state index is 12.9. The molecule has 0 heterocycles. The van der Waals surface area contributed by atoms with E-state index in [0.29, 0.717) is 29.4 Å². The van der Waals surface area contributed by atoms with Gasteiger partial charge in [0.1, 0.15) is 5.82 Å². The topological polar surface area (TPSA) is 66.4 Å². The zero-order chi connectivity index (χ0) is 14.4. The Morgan fingerprint density at radius 3 is 2.74 bits per heavy atom. The third-order valence-electron chi connectivity index (χ3n) is 2.70. The number of hydrogen-bond donors (Lipinski definition) is 2. The Balaban J connectivity index is 2.41. The highest BCUT2D eigenvalue weighted by Gasteiger charge is 2.12. The Bertz CT molecular complexity index is 479. The fourth-order valence-corrected chi connectivity index (χ4v) is 2.03. The van der Waals surface area contributed by atoms with E-state index in [-0.39, 0.29) is 5.91 Å². The van der Waals surface area contributed by atoms with E-state index in [1.54, 1.807) is 6.92 Å². The molecule has 1 unspecified atom stereocenters. The number of nitrogens with one attached hydrogen (secondary N) is 1. The molecule has 0 aliphatic rings. The van der Waals surface area contributed by atoms with Crippen LogP contribution in [0.25, 0.3) is 0 Å². The molecule has 0 fully saturated rings. The maximum atomic E-state index is 12.9. The highest BCUT2D eigenvalue weighted by Crippen LogP contribution is 2.17. The summed E-state index contributed by atoms with van der Waals surface area (Å²) in [6.07, 6.45) is 1.08. The van der Waals surface area contributed by atoms with Crippen molar-refractivity contribution in [2.45, 2.75) is 19.8 Å². The number of halogens is 2. The molecule has 0 aromatic heterocycles. The summed E-state index contributed by atoms with van der Waals surface area (Å²) in [5.41, 5.74) is 0.354. The van der Waals surface area contributed by atoms with Crippen LogP contribution in [0.2, 0.25) is 0 Å². The quantitative estimate of drug-likeness (QED) is 0.787. The van der Waals surface area contributed by atoms with Gasteiger partial charge in [0, 0.05) is 11.0 Å². The molecule has 2 N–H and O–H groups in total. The Morgan fingerprint density at radius 1 is 1.47 bits per heavy atom. The second-order valence-electron chi connectivity index (χ2n) is 4.26. The van der Waals surface area contributed by atoms with Crippen LogP contribution in [0.3, 0.4) is 0 Å². The molecule has 0 bridgehead atoms. The van der Waals surface area contributed by atoms with Crippen molar-refractivity contribution in [1.82, 2.24) is 5.32 Å². The first kappa shape index (κ1) is 15.6. The number of carbonyl (C=O) groups excluding carboxylic acids is 1. The zero-order valence-corrected chi connectivity index (χ0v) is 12.0. The van der Waals surface area contributed by atoms with Gasteiger partial charge >= 0.3 is 5.97 Å². The number of carbonyl (C=O) groups is 2. The van der Waals surface area contributed by atoms with Crippen LogP contribution in [0, 0.1) is 11.7 Å². The summed E-state index contributed by atoms with van der Waals surface area (Å²) in [7, 11) is 0. The van der Waals surface area contributed by atoms with Crippen molar-refractivity contribution >= 4 is 27.8 Å². The van der Waals surface area contributed by atoms with Crippen molar-refractivity contribution < 1.29 is 19.1 Å². The van der Waals surface area contributed by atoms with E-state index in [1.807, 2.05) is 0 Å². The highest BCUT2D eigenvalue weighted by atomic mass is 79.9. The van der Waals surface area contributed by atoms with Crippen molar-refractivity contribution in [2.24, 2.45) is 5.92 Å². The molecule has 1 atom stereocenters. The van der Waals surface area contributed by atoms with E-state index < -0.39 is 17.7 Å². The molecule has 1 rings (SSSR count). The van der Waals surface area contributed by atoms with Crippen LogP contribution in [0.1, 0.15) is 30.1 Å². The molecule has 0 aliphatic carbocycles. The van der Waals surface area contributed by atoms with E-state index in [4.69, 9.17) is 5.11 Å². The first-order valence-corrected chi connectivity index (χ1v) is 6.67. The minimum atomic E-state index is -0.840. The molecule has 104 valence electrons. The van der Waals surface area contributed by atoms with Gasteiger partial charge in [0.2, 0.25) is 0 Å². The third kappa shape index (κ3) is 4.98. The van der Waals surface area contributed by atoms with Crippen LogP contribution >= 0.6 is 15.9 Å².